The highest BCUT2D eigenvalue weighted by Crippen LogP contribution is 2.26. The minimum atomic E-state index is -0.768. The number of carboxylic acids is 1. The SMILES string of the molecule is CCC(CC)(CNCc1ccccc1OCC(=O)N1CCCC1)C(=O)O. The van der Waals surface area contributed by atoms with E-state index >= 15 is 0 Å². The second-order valence-corrected chi connectivity index (χ2v) is 6.88. The number of carbonyl (C=O) groups excluding carboxylic acids is 1. The fourth-order valence-corrected chi connectivity index (χ4v) is 3.30. The molecule has 1 aliphatic heterocycles. The van der Waals surface area contributed by atoms with Gasteiger partial charge in [0.1, 0.15) is 5.75 Å². The van der Waals surface area contributed by atoms with Crippen molar-refractivity contribution in [3.8, 4) is 5.75 Å². The predicted octanol–water partition coefficient (Wildman–Crippen LogP) is 2.67. The number of nitrogens with one attached hydrogen (secondary N) is 1. The van der Waals surface area contributed by atoms with Crippen LogP contribution in [0.2, 0.25) is 0 Å². The summed E-state index contributed by atoms with van der Waals surface area (Å²) in [5, 5.41) is 12.8. The molecule has 0 radical (unpaired) electrons. The Morgan fingerprint density at radius 3 is 2.46 bits per heavy atom. The highest BCUT2D eigenvalue weighted by molar-refractivity contribution is 5.78. The number of para-hydroxylation sites is 1. The molecule has 0 spiro atoms. The Balaban J connectivity index is 1.91. The van der Waals surface area contributed by atoms with E-state index in [2.05, 4.69) is 5.32 Å². The molecule has 2 rings (SSSR count). The summed E-state index contributed by atoms with van der Waals surface area (Å²) in [5.74, 6) is -0.0793. The van der Waals surface area contributed by atoms with Gasteiger partial charge < -0.3 is 20.1 Å². The smallest absolute Gasteiger partial charge is 0.310 e. The third-order valence-corrected chi connectivity index (χ3v) is 5.37. The fraction of sp³-hybridized carbons (Fsp3) is 0.600. The van der Waals surface area contributed by atoms with Gasteiger partial charge in [-0.15, -0.1) is 0 Å². The van der Waals surface area contributed by atoms with E-state index in [0.717, 1.165) is 31.5 Å². The van der Waals surface area contributed by atoms with Crippen molar-refractivity contribution in [2.24, 2.45) is 5.41 Å². The molecule has 144 valence electrons. The molecule has 2 N–H and O–H groups in total. The van der Waals surface area contributed by atoms with Crippen LogP contribution in [0, 0.1) is 5.41 Å². The summed E-state index contributed by atoms with van der Waals surface area (Å²) in [6, 6.07) is 7.57. The summed E-state index contributed by atoms with van der Waals surface area (Å²) in [5.41, 5.74) is 0.176. The molecule has 26 heavy (non-hydrogen) atoms. The standard InChI is InChI=1S/C20H30N2O4/c1-3-20(4-2,19(24)25)15-21-13-16-9-5-6-10-17(16)26-14-18(23)22-11-7-8-12-22/h5-6,9-10,21H,3-4,7-8,11-15H2,1-2H3,(H,24,25). The molecule has 1 saturated heterocycles. The number of ether oxygens (including phenoxy) is 1. The van der Waals surface area contributed by atoms with Crippen molar-refractivity contribution >= 4 is 11.9 Å². The molecule has 0 saturated carbocycles. The fourth-order valence-electron chi connectivity index (χ4n) is 3.30. The molecule has 0 atom stereocenters. The molecule has 0 aromatic heterocycles. The monoisotopic (exact) mass is 362 g/mol. The average Bonchev–Trinajstić information content (AvgIpc) is 3.19. The van der Waals surface area contributed by atoms with Gasteiger partial charge in [0.15, 0.2) is 6.61 Å². The zero-order chi connectivity index (χ0) is 19.0. The first-order valence-corrected chi connectivity index (χ1v) is 9.45. The first kappa shape index (κ1) is 20.2. The lowest BCUT2D eigenvalue weighted by molar-refractivity contribution is -0.149. The number of benzene rings is 1. The van der Waals surface area contributed by atoms with Crippen LogP contribution in [0.25, 0.3) is 0 Å². The molecule has 1 aromatic rings. The van der Waals surface area contributed by atoms with Crippen LogP contribution >= 0.6 is 0 Å². The van der Waals surface area contributed by atoms with Crippen LogP contribution in [0.4, 0.5) is 0 Å². The van der Waals surface area contributed by atoms with Crippen LogP contribution < -0.4 is 10.1 Å². The predicted molar refractivity (Wildman–Crippen MR) is 100 cm³/mol. The van der Waals surface area contributed by atoms with E-state index in [1.165, 1.54) is 0 Å². The number of amides is 1. The summed E-state index contributed by atoms with van der Waals surface area (Å²) in [4.78, 5) is 25.6. The summed E-state index contributed by atoms with van der Waals surface area (Å²) in [7, 11) is 0. The average molecular weight is 362 g/mol. The van der Waals surface area contributed by atoms with Crippen LogP contribution in [0.15, 0.2) is 24.3 Å². The van der Waals surface area contributed by atoms with Crippen molar-refractivity contribution in [3.05, 3.63) is 29.8 Å². The van der Waals surface area contributed by atoms with Gasteiger partial charge in [0.2, 0.25) is 0 Å². The lowest BCUT2D eigenvalue weighted by Gasteiger charge is -2.27. The Hall–Kier alpha value is -2.08. The number of carbonyl (C=O) groups is 2. The van der Waals surface area contributed by atoms with Crippen molar-refractivity contribution in [3.63, 3.8) is 0 Å². The zero-order valence-electron chi connectivity index (χ0n) is 15.8. The molecule has 0 bridgehead atoms. The van der Waals surface area contributed by atoms with Crippen LogP contribution in [0.1, 0.15) is 45.1 Å². The van der Waals surface area contributed by atoms with Crippen LogP contribution in [-0.2, 0) is 16.1 Å². The van der Waals surface area contributed by atoms with Gasteiger partial charge in [-0.1, -0.05) is 32.0 Å². The molecule has 1 fully saturated rings. The molecule has 1 aromatic carbocycles. The molecular formula is C20H30N2O4. The number of carboxylic acid groups (broad SMARTS) is 1. The minimum Gasteiger partial charge on any atom is -0.483 e. The quantitative estimate of drug-likeness (QED) is 0.669. The van der Waals surface area contributed by atoms with E-state index in [1.54, 1.807) is 0 Å². The van der Waals surface area contributed by atoms with Gasteiger partial charge in [-0.3, -0.25) is 9.59 Å². The Morgan fingerprint density at radius 2 is 1.85 bits per heavy atom. The van der Waals surface area contributed by atoms with E-state index < -0.39 is 11.4 Å². The number of aliphatic carboxylic acids is 1. The van der Waals surface area contributed by atoms with Gasteiger partial charge in [0, 0.05) is 31.7 Å². The van der Waals surface area contributed by atoms with Gasteiger partial charge >= 0.3 is 5.97 Å². The Kier molecular flexibility index (Phi) is 7.45. The second-order valence-electron chi connectivity index (χ2n) is 6.88. The van der Waals surface area contributed by atoms with Gasteiger partial charge in [-0.05, 0) is 31.7 Å². The lowest BCUT2D eigenvalue weighted by Crippen LogP contribution is -2.40. The summed E-state index contributed by atoms with van der Waals surface area (Å²) in [6.07, 6.45) is 3.28. The summed E-state index contributed by atoms with van der Waals surface area (Å²) in [6.45, 7) is 6.38. The van der Waals surface area contributed by atoms with E-state index in [1.807, 2.05) is 43.0 Å². The first-order valence-electron chi connectivity index (χ1n) is 9.45. The van der Waals surface area contributed by atoms with Crippen molar-refractivity contribution in [2.45, 2.75) is 46.1 Å². The largest absolute Gasteiger partial charge is 0.483 e. The van der Waals surface area contributed by atoms with E-state index in [0.29, 0.717) is 31.7 Å². The van der Waals surface area contributed by atoms with Crippen molar-refractivity contribution in [1.82, 2.24) is 10.2 Å². The Morgan fingerprint density at radius 1 is 1.19 bits per heavy atom. The van der Waals surface area contributed by atoms with Crippen LogP contribution in [0.5, 0.6) is 5.75 Å². The number of hydrogen-bond acceptors (Lipinski definition) is 4. The molecule has 0 aliphatic carbocycles. The van der Waals surface area contributed by atoms with Crippen molar-refractivity contribution in [1.29, 1.82) is 0 Å². The number of likely N-dealkylation sites (tertiary alicyclic amines) is 1. The third-order valence-electron chi connectivity index (χ3n) is 5.37. The molecule has 1 amide bonds. The van der Waals surface area contributed by atoms with E-state index in [-0.39, 0.29) is 12.5 Å². The van der Waals surface area contributed by atoms with E-state index in [9.17, 15) is 14.7 Å². The van der Waals surface area contributed by atoms with Gasteiger partial charge in [-0.2, -0.15) is 0 Å². The molecule has 1 aliphatic rings. The molecule has 0 unspecified atom stereocenters. The highest BCUT2D eigenvalue weighted by atomic mass is 16.5. The van der Waals surface area contributed by atoms with Crippen LogP contribution in [-0.4, -0.2) is 48.1 Å². The number of hydrogen-bond donors (Lipinski definition) is 2. The van der Waals surface area contributed by atoms with Gasteiger partial charge in [-0.25, -0.2) is 0 Å². The Labute approximate surface area is 155 Å². The maximum absolute atomic E-state index is 12.1. The van der Waals surface area contributed by atoms with E-state index in [4.69, 9.17) is 4.74 Å². The highest BCUT2D eigenvalue weighted by Gasteiger charge is 2.34. The molecule has 6 heteroatoms. The zero-order valence-corrected chi connectivity index (χ0v) is 15.8. The molecule has 6 nitrogen and oxygen atoms in total. The Bertz CT molecular complexity index is 608. The number of rotatable bonds is 10. The van der Waals surface area contributed by atoms with Gasteiger partial charge in [0.25, 0.3) is 5.91 Å². The maximum atomic E-state index is 12.1. The van der Waals surface area contributed by atoms with Crippen molar-refractivity contribution in [2.75, 3.05) is 26.2 Å². The third kappa shape index (κ3) is 4.97. The number of nitrogens with zero attached hydrogens (tertiary/aromatic N) is 1. The lowest BCUT2D eigenvalue weighted by atomic mass is 9.82. The van der Waals surface area contributed by atoms with Crippen molar-refractivity contribution < 1.29 is 19.4 Å². The normalized spacial score (nSPS) is 14.5. The first-order chi connectivity index (χ1) is 12.5. The molecule has 1 heterocycles. The summed E-state index contributed by atoms with van der Waals surface area (Å²) < 4.78 is 5.75. The second kappa shape index (κ2) is 9.57. The minimum absolute atomic E-state index is 0.0205. The van der Waals surface area contributed by atoms with Crippen LogP contribution in [0.3, 0.4) is 0 Å². The topological polar surface area (TPSA) is 78.9 Å². The summed E-state index contributed by atoms with van der Waals surface area (Å²) >= 11 is 0. The maximum Gasteiger partial charge on any atom is 0.310 e. The van der Waals surface area contributed by atoms with Gasteiger partial charge in [0.05, 0.1) is 5.41 Å². The molecular weight excluding hydrogens is 332 g/mol.